The number of aromatic nitrogens is 2. The summed E-state index contributed by atoms with van der Waals surface area (Å²) in [7, 11) is 0. The summed E-state index contributed by atoms with van der Waals surface area (Å²) in [6.45, 7) is 6.41. The first-order valence-corrected chi connectivity index (χ1v) is 13.9. The second-order valence-corrected chi connectivity index (χ2v) is 10.5. The minimum absolute atomic E-state index is 0.252. The molecule has 4 aromatic rings. The van der Waals surface area contributed by atoms with Gasteiger partial charge in [-0.15, -0.1) is 0 Å². The van der Waals surface area contributed by atoms with Gasteiger partial charge in [0.1, 0.15) is 5.82 Å². The lowest BCUT2D eigenvalue weighted by atomic mass is 10.0. The second kappa shape index (κ2) is 11.5. The fourth-order valence-corrected chi connectivity index (χ4v) is 5.66. The van der Waals surface area contributed by atoms with Gasteiger partial charge in [-0.2, -0.15) is 5.10 Å². The van der Waals surface area contributed by atoms with Crippen LogP contribution in [-0.2, 0) is 11.3 Å². The maximum atomic E-state index is 15.1. The third-order valence-electron chi connectivity index (χ3n) is 7.87. The Bertz CT molecular complexity index is 1400. The number of carbonyl (C=O) groups excluding carboxylic acids is 1. The lowest BCUT2D eigenvalue weighted by molar-refractivity contribution is -0.131. The van der Waals surface area contributed by atoms with E-state index in [1.807, 2.05) is 58.2 Å². The Kier molecular flexibility index (Phi) is 7.52. The maximum Gasteiger partial charge on any atom is 0.236 e. The molecule has 1 amide bonds. The van der Waals surface area contributed by atoms with E-state index in [0.29, 0.717) is 18.7 Å². The van der Waals surface area contributed by atoms with E-state index in [-0.39, 0.29) is 11.7 Å². The Balaban J connectivity index is 1.20. The lowest BCUT2D eigenvalue weighted by Gasteiger charge is -2.35. The summed E-state index contributed by atoms with van der Waals surface area (Å²) in [6.07, 6.45) is 4.11. The van der Waals surface area contributed by atoms with Crippen LogP contribution in [0.25, 0.3) is 28.1 Å². The Morgan fingerprint density at radius 1 is 0.744 bits per heavy atom. The molecule has 2 aliphatic heterocycles. The van der Waals surface area contributed by atoms with Gasteiger partial charge in [0.15, 0.2) is 0 Å². The van der Waals surface area contributed by atoms with Crippen LogP contribution in [0.2, 0.25) is 0 Å². The van der Waals surface area contributed by atoms with Crippen LogP contribution in [0.15, 0.2) is 85.1 Å². The van der Waals surface area contributed by atoms with Gasteiger partial charge in [-0.05, 0) is 48.2 Å². The maximum absolute atomic E-state index is 15.1. The number of rotatable bonds is 7. The van der Waals surface area contributed by atoms with Crippen molar-refractivity contribution in [3.05, 3.63) is 96.4 Å². The monoisotopic (exact) mass is 523 g/mol. The lowest BCUT2D eigenvalue weighted by Crippen LogP contribution is -2.49. The molecule has 0 spiro atoms. The molecule has 2 aliphatic rings. The highest BCUT2D eigenvalue weighted by molar-refractivity contribution is 5.78. The van der Waals surface area contributed by atoms with E-state index in [0.717, 1.165) is 80.2 Å². The molecular formula is C32H34FN5O. The van der Waals surface area contributed by atoms with Crippen molar-refractivity contribution in [1.82, 2.24) is 24.5 Å². The normalized spacial score (nSPS) is 16.6. The molecule has 0 radical (unpaired) electrons. The van der Waals surface area contributed by atoms with Gasteiger partial charge < -0.3 is 4.90 Å². The Morgan fingerprint density at radius 2 is 1.38 bits per heavy atom. The number of carbonyl (C=O) groups is 1. The van der Waals surface area contributed by atoms with Gasteiger partial charge in [0, 0.05) is 56.9 Å². The molecule has 1 aromatic heterocycles. The molecule has 6 nitrogen and oxygen atoms in total. The molecule has 2 saturated heterocycles. The first-order valence-electron chi connectivity index (χ1n) is 13.9. The zero-order chi connectivity index (χ0) is 26.6. The van der Waals surface area contributed by atoms with Crippen molar-refractivity contribution < 1.29 is 9.18 Å². The number of likely N-dealkylation sites (tertiary alicyclic amines) is 1. The number of hydrogen-bond acceptors (Lipinski definition) is 4. The number of piperazine rings is 1. The van der Waals surface area contributed by atoms with Gasteiger partial charge in [-0.1, -0.05) is 54.6 Å². The molecule has 200 valence electrons. The molecule has 0 unspecified atom stereocenters. The van der Waals surface area contributed by atoms with Crippen molar-refractivity contribution in [3.63, 3.8) is 0 Å². The molecule has 6 rings (SSSR count). The van der Waals surface area contributed by atoms with Gasteiger partial charge in [0.25, 0.3) is 0 Å². The van der Waals surface area contributed by atoms with Crippen molar-refractivity contribution in [2.45, 2.75) is 19.4 Å². The summed E-state index contributed by atoms with van der Waals surface area (Å²) in [5, 5.41) is 4.73. The Morgan fingerprint density at radius 3 is 2.10 bits per heavy atom. The van der Waals surface area contributed by atoms with Crippen LogP contribution in [0, 0.1) is 5.82 Å². The van der Waals surface area contributed by atoms with Crippen LogP contribution in [0.4, 0.5) is 4.39 Å². The summed E-state index contributed by atoms with van der Waals surface area (Å²) in [6, 6.07) is 25.4. The first kappa shape index (κ1) is 25.5. The molecule has 39 heavy (non-hydrogen) atoms. The van der Waals surface area contributed by atoms with Crippen LogP contribution >= 0.6 is 0 Å². The number of nitrogens with zero attached hydrogens (tertiary/aromatic N) is 5. The SMILES string of the molecule is O=C(CN1CCN(Cc2cnn(-c3ccc(-c4ccccc4)cc3)c2-c2ccccc2F)CC1)N1CCCC1. The van der Waals surface area contributed by atoms with E-state index in [4.69, 9.17) is 5.10 Å². The quantitative estimate of drug-likeness (QED) is 0.339. The molecule has 3 heterocycles. The van der Waals surface area contributed by atoms with Crippen molar-refractivity contribution in [1.29, 1.82) is 0 Å². The van der Waals surface area contributed by atoms with Gasteiger partial charge in [0.2, 0.25) is 5.91 Å². The highest BCUT2D eigenvalue weighted by atomic mass is 19.1. The number of hydrogen-bond donors (Lipinski definition) is 0. The number of benzene rings is 3. The van der Waals surface area contributed by atoms with E-state index in [9.17, 15) is 4.79 Å². The molecule has 0 N–H and O–H groups in total. The van der Waals surface area contributed by atoms with Crippen molar-refractivity contribution in [3.8, 4) is 28.1 Å². The standard InChI is InChI=1S/C32H34FN5O/c33-30-11-5-4-10-29(30)32-27(23-35-18-20-36(21-19-35)24-31(39)37-16-6-7-17-37)22-34-38(32)28-14-12-26(13-15-28)25-8-2-1-3-9-25/h1-5,8-15,22H,6-7,16-21,23-24H2. The predicted molar refractivity (Wildman–Crippen MR) is 152 cm³/mol. The number of halogens is 1. The third-order valence-corrected chi connectivity index (χ3v) is 7.87. The molecule has 0 bridgehead atoms. The van der Waals surface area contributed by atoms with Crippen LogP contribution < -0.4 is 0 Å². The van der Waals surface area contributed by atoms with Gasteiger partial charge >= 0.3 is 0 Å². The van der Waals surface area contributed by atoms with Gasteiger partial charge in [-0.3, -0.25) is 14.6 Å². The summed E-state index contributed by atoms with van der Waals surface area (Å²) in [5.41, 5.74) is 5.50. The summed E-state index contributed by atoms with van der Waals surface area (Å²) < 4.78 is 17.0. The van der Waals surface area contributed by atoms with Gasteiger partial charge in [0.05, 0.1) is 24.1 Å². The Labute approximate surface area is 229 Å². The van der Waals surface area contributed by atoms with E-state index < -0.39 is 0 Å². The minimum atomic E-state index is -0.258. The molecule has 3 aromatic carbocycles. The molecule has 7 heteroatoms. The summed E-state index contributed by atoms with van der Waals surface area (Å²) in [5.74, 6) is -0.00556. The average molecular weight is 524 g/mol. The summed E-state index contributed by atoms with van der Waals surface area (Å²) in [4.78, 5) is 19.2. The Hall–Kier alpha value is -3.81. The van der Waals surface area contributed by atoms with Crippen molar-refractivity contribution >= 4 is 5.91 Å². The number of amides is 1. The molecule has 2 fully saturated rings. The highest BCUT2D eigenvalue weighted by Crippen LogP contribution is 2.31. The zero-order valence-electron chi connectivity index (χ0n) is 22.2. The smallest absolute Gasteiger partial charge is 0.236 e. The van der Waals surface area contributed by atoms with Crippen LogP contribution in [-0.4, -0.2) is 76.2 Å². The molecular weight excluding hydrogens is 489 g/mol. The predicted octanol–water partition coefficient (Wildman–Crippen LogP) is 5.09. The fourth-order valence-electron chi connectivity index (χ4n) is 5.66. The third kappa shape index (κ3) is 5.65. The minimum Gasteiger partial charge on any atom is -0.342 e. The van der Waals surface area contributed by atoms with E-state index in [1.54, 1.807) is 6.07 Å². The molecule has 0 saturated carbocycles. The second-order valence-electron chi connectivity index (χ2n) is 10.5. The van der Waals surface area contributed by atoms with E-state index >= 15 is 4.39 Å². The largest absolute Gasteiger partial charge is 0.342 e. The topological polar surface area (TPSA) is 44.6 Å². The average Bonchev–Trinajstić information content (AvgIpc) is 3.66. The van der Waals surface area contributed by atoms with Crippen LogP contribution in [0.5, 0.6) is 0 Å². The fraction of sp³-hybridized carbons (Fsp3) is 0.312. The van der Waals surface area contributed by atoms with Crippen LogP contribution in [0.1, 0.15) is 18.4 Å². The first-order chi connectivity index (χ1) is 19.2. The van der Waals surface area contributed by atoms with Gasteiger partial charge in [-0.25, -0.2) is 9.07 Å². The summed E-state index contributed by atoms with van der Waals surface area (Å²) >= 11 is 0. The highest BCUT2D eigenvalue weighted by Gasteiger charge is 2.25. The zero-order valence-corrected chi connectivity index (χ0v) is 22.2. The van der Waals surface area contributed by atoms with E-state index in [2.05, 4.69) is 34.1 Å². The van der Waals surface area contributed by atoms with Crippen molar-refractivity contribution in [2.24, 2.45) is 0 Å². The van der Waals surface area contributed by atoms with Crippen LogP contribution in [0.3, 0.4) is 0 Å². The van der Waals surface area contributed by atoms with E-state index in [1.165, 1.54) is 6.07 Å². The van der Waals surface area contributed by atoms with Crippen molar-refractivity contribution in [2.75, 3.05) is 45.8 Å². The molecule has 0 aliphatic carbocycles. The molecule has 0 atom stereocenters.